The van der Waals surface area contributed by atoms with Crippen molar-refractivity contribution >= 4 is 11.6 Å². The molecular formula is C13H22ClN3. The largest absolute Gasteiger partial charge is 0.303 e. The number of aryl methyl sites for hydroxylation is 1. The first-order valence-electron chi connectivity index (χ1n) is 6.54. The van der Waals surface area contributed by atoms with Gasteiger partial charge in [-0.25, -0.2) is 0 Å². The zero-order valence-corrected chi connectivity index (χ0v) is 11.4. The molecule has 2 heterocycles. The SMILES string of the molecule is Cn1cc(CCN2CCCC(CCCl)C2)cn1. The summed E-state index contributed by atoms with van der Waals surface area (Å²) in [6.07, 6.45) is 9.05. The minimum atomic E-state index is 0.807. The maximum Gasteiger partial charge on any atom is 0.0522 e. The van der Waals surface area contributed by atoms with E-state index in [1.165, 1.54) is 37.9 Å². The van der Waals surface area contributed by atoms with E-state index in [9.17, 15) is 0 Å². The van der Waals surface area contributed by atoms with Gasteiger partial charge in [-0.05, 0) is 43.7 Å². The molecule has 0 amide bonds. The van der Waals surface area contributed by atoms with Gasteiger partial charge in [-0.2, -0.15) is 5.10 Å². The summed E-state index contributed by atoms with van der Waals surface area (Å²) in [4.78, 5) is 2.58. The summed E-state index contributed by atoms with van der Waals surface area (Å²) in [7, 11) is 1.97. The fourth-order valence-electron chi connectivity index (χ4n) is 2.63. The Morgan fingerprint density at radius 2 is 2.41 bits per heavy atom. The molecule has 2 rings (SSSR count). The third kappa shape index (κ3) is 4.00. The Labute approximate surface area is 109 Å². The Kier molecular flexibility index (Phi) is 4.86. The first-order chi connectivity index (χ1) is 8.28. The van der Waals surface area contributed by atoms with E-state index in [1.807, 2.05) is 17.9 Å². The predicted octanol–water partition coefficient (Wildman–Crippen LogP) is 2.30. The third-order valence-electron chi connectivity index (χ3n) is 3.60. The molecule has 0 aliphatic carbocycles. The van der Waals surface area contributed by atoms with Crippen molar-refractivity contribution in [2.24, 2.45) is 13.0 Å². The van der Waals surface area contributed by atoms with E-state index in [4.69, 9.17) is 11.6 Å². The molecule has 0 bridgehead atoms. The van der Waals surface area contributed by atoms with Gasteiger partial charge in [0.25, 0.3) is 0 Å². The van der Waals surface area contributed by atoms with Crippen LogP contribution in [0.3, 0.4) is 0 Å². The topological polar surface area (TPSA) is 21.1 Å². The summed E-state index contributed by atoms with van der Waals surface area (Å²) in [5, 5.41) is 4.21. The lowest BCUT2D eigenvalue weighted by molar-refractivity contribution is 0.174. The van der Waals surface area contributed by atoms with Crippen molar-refractivity contribution in [2.75, 3.05) is 25.5 Å². The molecule has 1 unspecified atom stereocenters. The van der Waals surface area contributed by atoms with E-state index < -0.39 is 0 Å². The summed E-state index contributed by atoms with van der Waals surface area (Å²) in [5.74, 6) is 1.62. The maximum atomic E-state index is 5.83. The number of likely N-dealkylation sites (tertiary alicyclic amines) is 1. The van der Waals surface area contributed by atoms with E-state index in [0.717, 1.165) is 24.8 Å². The highest BCUT2D eigenvalue weighted by molar-refractivity contribution is 6.17. The van der Waals surface area contributed by atoms with Crippen molar-refractivity contribution in [1.29, 1.82) is 0 Å². The van der Waals surface area contributed by atoms with Crippen LogP contribution >= 0.6 is 11.6 Å². The molecule has 1 atom stereocenters. The summed E-state index contributed by atoms with van der Waals surface area (Å²) >= 11 is 5.83. The minimum Gasteiger partial charge on any atom is -0.303 e. The van der Waals surface area contributed by atoms with Gasteiger partial charge in [0.2, 0.25) is 0 Å². The molecule has 0 N–H and O–H groups in total. The second-order valence-corrected chi connectivity index (χ2v) is 5.44. The van der Waals surface area contributed by atoms with Crippen LogP contribution in [-0.4, -0.2) is 40.2 Å². The Bertz CT molecular complexity index is 335. The van der Waals surface area contributed by atoms with E-state index in [1.54, 1.807) is 0 Å². The molecule has 1 aromatic rings. The van der Waals surface area contributed by atoms with Crippen LogP contribution in [0.4, 0.5) is 0 Å². The molecule has 17 heavy (non-hydrogen) atoms. The lowest BCUT2D eigenvalue weighted by Crippen LogP contribution is -2.36. The van der Waals surface area contributed by atoms with Gasteiger partial charge in [0.05, 0.1) is 6.20 Å². The molecule has 0 spiro atoms. The van der Waals surface area contributed by atoms with Gasteiger partial charge in [-0.1, -0.05) is 0 Å². The second-order valence-electron chi connectivity index (χ2n) is 5.06. The number of rotatable bonds is 5. The van der Waals surface area contributed by atoms with Crippen LogP contribution in [0.25, 0.3) is 0 Å². The molecule has 1 aliphatic heterocycles. The molecule has 3 nitrogen and oxygen atoms in total. The van der Waals surface area contributed by atoms with Gasteiger partial charge < -0.3 is 4.90 Å². The number of alkyl halides is 1. The van der Waals surface area contributed by atoms with Crippen molar-refractivity contribution in [3.8, 4) is 0 Å². The Balaban J connectivity index is 1.75. The smallest absolute Gasteiger partial charge is 0.0522 e. The van der Waals surface area contributed by atoms with Crippen molar-refractivity contribution in [3.63, 3.8) is 0 Å². The Morgan fingerprint density at radius 1 is 1.53 bits per heavy atom. The number of aromatic nitrogens is 2. The quantitative estimate of drug-likeness (QED) is 0.753. The van der Waals surface area contributed by atoms with E-state index in [0.29, 0.717) is 0 Å². The highest BCUT2D eigenvalue weighted by Gasteiger charge is 2.18. The Hall–Kier alpha value is -0.540. The lowest BCUT2D eigenvalue weighted by Gasteiger charge is -2.32. The van der Waals surface area contributed by atoms with Crippen LogP contribution in [0.2, 0.25) is 0 Å². The zero-order chi connectivity index (χ0) is 12.1. The number of piperidine rings is 1. The summed E-state index contributed by atoms with van der Waals surface area (Å²) in [6, 6.07) is 0. The molecule has 0 radical (unpaired) electrons. The molecule has 1 aromatic heterocycles. The van der Waals surface area contributed by atoms with Crippen molar-refractivity contribution in [3.05, 3.63) is 18.0 Å². The van der Waals surface area contributed by atoms with Gasteiger partial charge in [-0.15, -0.1) is 11.6 Å². The lowest BCUT2D eigenvalue weighted by atomic mass is 9.95. The molecule has 0 saturated carbocycles. The summed E-state index contributed by atoms with van der Waals surface area (Å²) in [5.41, 5.74) is 1.34. The van der Waals surface area contributed by atoms with Crippen LogP contribution in [0.1, 0.15) is 24.8 Å². The van der Waals surface area contributed by atoms with Crippen LogP contribution in [0.5, 0.6) is 0 Å². The molecule has 1 aliphatic rings. The molecule has 96 valence electrons. The summed E-state index contributed by atoms with van der Waals surface area (Å²) < 4.78 is 1.88. The molecule has 4 heteroatoms. The summed E-state index contributed by atoms with van der Waals surface area (Å²) in [6.45, 7) is 3.64. The minimum absolute atomic E-state index is 0.807. The van der Waals surface area contributed by atoms with Crippen molar-refractivity contribution in [2.45, 2.75) is 25.7 Å². The van der Waals surface area contributed by atoms with Gasteiger partial charge in [0.1, 0.15) is 0 Å². The normalized spacial score (nSPS) is 21.9. The number of hydrogen-bond acceptors (Lipinski definition) is 2. The van der Waals surface area contributed by atoms with Gasteiger partial charge in [0.15, 0.2) is 0 Å². The standard InChI is InChI=1S/C13H22ClN3/c1-16-10-13(9-15-16)5-8-17-7-2-3-12(11-17)4-6-14/h9-10,12H,2-8,11H2,1H3. The van der Waals surface area contributed by atoms with Crippen molar-refractivity contribution in [1.82, 2.24) is 14.7 Å². The zero-order valence-electron chi connectivity index (χ0n) is 10.6. The van der Waals surface area contributed by atoms with E-state index in [-0.39, 0.29) is 0 Å². The molecular weight excluding hydrogens is 234 g/mol. The number of hydrogen-bond donors (Lipinski definition) is 0. The fraction of sp³-hybridized carbons (Fsp3) is 0.769. The van der Waals surface area contributed by atoms with E-state index >= 15 is 0 Å². The number of nitrogens with zero attached hydrogens (tertiary/aromatic N) is 3. The first-order valence-corrected chi connectivity index (χ1v) is 7.07. The molecule has 0 aromatic carbocycles. The molecule has 1 saturated heterocycles. The van der Waals surface area contributed by atoms with Gasteiger partial charge in [-0.3, -0.25) is 4.68 Å². The maximum absolute atomic E-state index is 5.83. The second kappa shape index (κ2) is 6.41. The van der Waals surface area contributed by atoms with Crippen LogP contribution in [0, 0.1) is 5.92 Å². The molecule has 1 fully saturated rings. The van der Waals surface area contributed by atoms with Crippen LogP contribution in [-0.2, 0) is 13.5 Å². The van der Waals surface area contributed by atoms with Gasteiger partial charge in [0, 0.05) is 32.2 Å². The highest BCUT2D eigenvalue weighted by atomic mass is 35.5. The van der Waals surface area contributed by atoms with Crippen LogP contribution < -0.4 is 0 Å². The number of halogens is 1. The fourth-order valence-corrected chi connectivity index (χ4v) is 2.94. The van der Waals surface area contributed by atoms with Gasteiger partial charge >= 0.3 is 0 Å². The first kappa shape index (κ1) is 12.9. The van der Waals surface area contributed by atoms with Crippen LogP contribution in [0.15, 0.2) is 12.4 Å². The third-order valence-corrected chi connectivity index (χ3v) is 3.81. The van der Waals surface area contributed by atoms with E-state index in [2.05, 4.69) is 16.2 Å². The average Bonchev–Trinajstić information content (AvgIpc) is 2.74. The average molecular weight is 256 g/mol. The van der Waals surface area contributed by atoms with Crippen molar-refractivity contribution < 1.29 is 0 Å². The highest BCUT2D eigenvalue weighted by Crippen LogP contribution is 2.20. The monoisotopic (exact) mass is 255 g/mol. The Morgan fingerprint density at radius 3 is 3.12 bits per heavy atom. The predicted molar refractivity (Wildman–Crippen MR) is 71.4 cm³/mol.